The maximum atomic E-state index is 2.59. The van der Waals surface area contributed by atoms with Crippen LogP contribution in [0, 0.1) is 0 Å². The molecule has 0 nitrogen and oxygen atoms in total. The van der Waals surface area contributed by atoms with Crippen LogP contribution in [0.15, 0.2) is 0 Å². The third-order valence-corrected chi connectivity index (χ3v) is 62.4. The molecule has 0 amide bonds. The predicted octanol–water partition coefficient (Wildman–Crippen LogP) is 0.909. The largest absolute Gasteiger partial charge is 0.0747 e. The van der Waals surface area contributed by atoms with Crippen molar-refractivity contribution in [1.29, 1.82) is 0 Å². The highest BCUT2D eigenvalue weighted by molar-refractivity contribution is 7.70. The Labute approximate surface area is 71.8 Å². The van der Waals surface area contributed by atoms with Gasteiger partial charge in [-0.3, -0.25) is 0 Å². The van der Waals surface area contributed by atoms with Crippen molar-refractivity contribution < 1.29 is 0 Å². The Balaban J connectivity index is 3.98. The molecular formula is C6H22Si4. The van der Waals surface area contributed by atoms with Crippen molar-refractivity contribution in [3.8, 4) is 0 Å². The summed E-state index contributed by atoms with van der Waals surface area (Å²) in [5.74, 6) is 0. The summed E-state index contributed by atoms with van der Waals surface area (Å²) in [5, 5.41) is 0. The molecule has 0 aliphatic heterocycles. The zero-order valence-electron chi connectivity index (χ0n) is 8.31. The van der Waals surface area contributed by atoms with Gasteiger partial charge in [0.25, 0.3) is 0 Å². The third-order valence-electron chi connectivity index (χ3n) is 2.31. The number of rotatable bonds is 3. The van der Waals surface area contributed by atoms with Crippen LogP contribution in [0.5, 0.6) is 0 Å². The second-order valence-corrected chi connectivity index (χ2v) is 38.8. The first-order chi connectivity index (χ1) is 4.46. The minimum Gasteiger partial charge on any atom is -0.0747 e. The highest BCUT2D eigenvalue weighted by Crippen LogP contribution is 2.01. The zero-order valence-corrected chi connectivity index (χ0v) is 12.9. The van der Waals surface area contributed by atoms with E-state index >= 15 is 0 Å². The van der Waals surface area contributed by atoms with E-state index in [0.29, 0.717) is 0 Å². The van der Waals surface area contributed by atoms with Gasteiger partial charge in [-0.15, -0.1) is 0 Å². The molecule has 0 aliphatic rings. The summed E-state index contributed by atoms with van der Waals surface area (Å²) in [7, 11) is -0.454. The summed E-state index contributed by atoms with van der Waals surface area (Å²) in [4.78, 5) is 0. The molecule has 62 valence electrons. The maximum Gasteiger partial charge on any atom is 0.0163 e. The average Bonchev–Trinajstić information content (AvgIpc) is 1.59. The molecule has 0 spiro atoms. The maximum absolute atomic E-state index is 2.59. The van der Waals surface area contributed by atoms with Crippen LogP contribution < -0.4 is 0 Å². The van der Waals surface area contributed by atoms with Crippen LogP contribution in [0.4, 0.5) is 0 Å². The average molecular weight is 207 g/mol. The molecule has 0 bridgehead atoms. The lowest BCUT2D eigenvalue weighted by Crippen LogP contribution is -2.52. The molecule has 0 N–H and O–H groups in total. The Bertz CT molecular complexity index is 70.7. The monoisotopic (exact) mass is 206 g/mol. The number of hydrogen-bond donors (Lipinski definition) is 0. The van der Waals surface area contributed by atoms with E-state index < -0.39 is 0 Å². The van der Waals surface area contributed by atoms with Gasteiger partial charge in [-0.25, -0.2) is 0 Å². The molecular weight excluding hydrogens is 184 g/mol. The van der Waals surface area contributed by atoms with Crippen LogP contribution in [0.2, 0.25) is 39.3 Å². The van der Waals surface area contributed by atoms with Gasteiger partial charge in [-0.05, 0) is 0 Å². The van der Waals surface area contributed by atoms with Gasteiger partial charge in [0.05, 0.1) is 0 Å². The SMILES string of the molecule is C[SiH](C)[SiH]([SiH](C)C)[SiH](C)C. The normalized spacial score (nSPS) is 12.6. The highest BCUT2D eigenvalue weighted by Gasteiger charge is 2.24. The van der Waals surface area contributed by atoms with Gasteiger partial charge in [-0.1, -0.05) is 39.3 Å². The van der Waals surface area contributed by atoms with Crippen molar-refractivity contribution in [2.45, 2.75) is 39.3 Å². The fraction of sp³-hybridized carbons (Fsp3) is 1.00. The van der Waals surface area contributed by atoms with Crippen LogP contribution in [0.3, 0.4) is 0 Å². The summed E-state index contributed by atoms with van der Waals surface area (Å²) >= 11 is 0. The molecule has 0 atom stereocenters. The Morgan fingerprint density at radius 2 is 0.700 bits per heavy atom. The standard InChI is InChI=1S/C6H22Si4/c1-7(2)10(8(3)4)9(5)6/h7-10H,1-6H3. The molecule has 0 fully saturated rings. The van der Waals surface area contributed by atoms with Crippen molar-refractivity contribution in [3.05, 3.63) is 0 Å². The summed E-state index contributed by atoms with van der Waals surface area (Å²) in [5.41, 5.74) is 0. The zero-order chi connectivity index (χ0) is 8.31. The molecule has 0 saturated carbocycles. The van der Waals surface area contributed by atoms with Gasteiger partial charge in [0, 0.05) is 32.3 Å². The van der Waals surface area contributed by atoms with E-state index in [0.717, 1.165) is 0 Å². The smallest absolute Gasteiger partial charge is 0.0163 e. The lowest BCUT2D eigenvalue weighted by molar-refractivity contribution is 2.02. The van der Waals surface area contributed by atoms with Crippen molar-refractivity contribution in [2.75, 3.05) is 0 Å². The van der Waals surface area contributed by atoms with Gasteiger partial charge in [0.1, 0.15) is 0 Å². The summed E-state index contributed by atoms with van der Waals surface area (Å²) < 4.78 is 0. The molecule has 0 aromatic rings. The van der Waals surface area contributed by atoms with Gasteiger partial charge in [-0.2, -0.15) is 0 Å². The Morgan fingerprint density at radius 1 is 0.500 bits per heavy atom. The van der Waals surface area contributed by atoms with E-state index in [9.17, 15) is 0 Å². The van der Waals surface area contributed by atoms with Crippen LogP contribution in [0.25, 0.3) is 0 Å². The fourth-order valence-electron chi connectivity index (χ4n) is 2.31. The van der Waals surface area contributed by atoms with Gasteiger partial charge < -0.3 is 0 Å². The minimum absolute atomic E-state index is 0.0370. The first-order valence-corrected chi connectivity index (χ1v) is 19.4. The number of hydrogen-bond acceptors (Lipinski definition) is 0. The molecule has 4 heteroatoms. The first kappa shape index (κ1) is 10.9. The lowest BCUT2D eigenvalue weighted by atomic mass is 11.9. The first-order valence-electron chi connectivity index (χ1n) is 4.46. The predicted molar refractivity (Wildman–Crippen MR) is 63.8 cm³/mol. The molecule has 0 aromatic heterocycles. The van der Waals surface area contributed by atoms with E-state index in [-0.39, 0.29) is 32.3 Å². The van der Waals surface area contributed by atoms with Gasteiger partial charge >= 0.3 is 0 Å². The van der Waals surface area contributed by atoms with Crippen LogP contribution in [-0.4, -0.2) is 32.3 Å². The molecule has 0 radical (unpaired) electrons. The molecule has 0 aliphatic carbocycles. The quantitative estimate of drug-likeness (QED) is 0.603. The second kappa shape index (κ2) is 4.69. The van der Waals surface area contributed by atoms with Crippen LogP contribution >= 0.6 is 0 Å². The Morgan fingerprint density at radius 3 is 0.700 bits per heavy atom. The molecule has 0 unspecified atom stereocenters. The topological polar surface area (TPSA) is 0 Å². The summed E-state index contributed by atoms with van der Waals surface area (Å²) in [6, 6.07) is 0. The summed E-state index contributed by atoms with van der Waals surface area (Å²) in [6.45, 7) is 15.6. The van der Waals surface area contributed by atoms with Gasteiger partial charge in [0.15, 0.2) is 0 Å². The Hall–Kier alpha value is 0.868. The van der Waals surface area contributed by atoms with Crippen molar-refractivity contribution >= 4 is 32.3 Å². The van der Waals surface area contributed by atoms with Crippen molar-refractivity contribution in [3.63, 3.8) is 0 Å². The van der Waals surface area contributed by atoms with Crippen molar-refractivity contribution in [2.24, 2.45) is 0 Å². The molecule has 10 heavy (non-hydrogen) atoms. The van der Waals surface area contributed by atoms with E-state index in [1.165, 1.54) is 0 Å². The summed E-state index contributed by atoms with van der Waals surface area (Å²) in [6.07, 6.45) is 0. The second-order valence-electron chi connectivity index (χ2n) is 4.31. The molecule has 0 rings (SSSR count). The molecule has 0 heterocycles. The van der Waals surface area contributed by atoms with E-state index in [1.54, 1.807) is 0 Å². The lowest BCUT2D eigenvalue weighted by Gasteiger charge is -2.24. The fourth-order valence-corrected chi connectivity index (χ4v) is 62.4. The van der Waals surface area contributed by atoms with E-state index in [2.05, 4.69) is 39.3 Å². The van der Waals surface area contributed by atoms with Crippen molar-refractivity contribution in [1.82, 2.24) is 0 Å². The third kappa shape index (κ3) is 3.32. The molecule has 0 aromatic carbocycles. The van der Waals surface area contributed by atoms with Crippen LogP contribution in [-0.2, 0) is 0 Å². The highest BCUT2D eigenvalue weighted by atomic mass is 29.9. The Kier molecular flexibility index (Phi) is 5.09. The van der Waals surface area contributed by atoms with Gasteiger partial charge in [0.2, 0.25) is 0 Å². The van der Waals surface area contributed by atoms with E-state index in [4.69, 9.17) is 0 Å². The molecule has 0 saturated heterocycles. The minimum atomic E-state index is -0.139. The van der Waals surface area contributed by atoms with E-state index in [1.807, 2.05) is 0 Å². The van der Waals surface area contributed by atoms with Crippen LogP contribution in [0.1, 0.15) is 0 Å².